The standard InChI is InChI=1S/C9H7Cl2N5O3/c1-19-4-5-8(16(17)18)9(11)15(14-5)7-3-2-6(10)12-13-7/h2-3H,4H2,1H3. The molecular weight excluding hydrogens is 297 g/mol. The predicted octanol–water partition coefficient (Wildman–Crippen LogP) is 2.02. The number of methoxy groups -OCH3 is 1. The lowest BCUT2D eigenvalue weighted by atomic mass is 10.4. The first-order valence-corrected chi connectivity index (χ1v) is 5.70. The smallest absolute Gasteiger partial charge is 0.331 e. The van der Waals surface area contributed by atoms with Crippen molar-refractivity contribution in [3.05, 3.63) is 38.2 Å². The van der Waals surface area contributed by atoms with Crippen molar-refractivity contribution < 1.29 is 9.66 Å². The Balaban J connectivity index is 2.55. The maximum Gasteiger partial charge on any atom is 0.331 e. The summed E-state index contributed by atoms with van der Waals surface area (Å²) in [6.45, 7) is -0.0376. The molecule has 2 aromatic heterocycles. The van der Waals surface area contributed by atoms with Crippen LogP contribution in [0.4, 0.5) is 5.69 Å². The van der Waals surface area contributed by atoms with E-state index in [1.807, 2.05) is 0 Å². The average molecular weight is 304 g/mol. The first kappa shape index (κ1) is 13.7. The van der Waals surface area contributed by atoms with Crippen molar-refractivity contribution in [2.45, 2.75) is 6.61 Å². The molecule has 0 saturated carbocycles. The fraction of sp³-hybridized carbons (Fsp3) is 0.222. The molecule has 10 heteroatoms. The van der Waals surface area contributed by atoms with Crippen LogP contribution in [-0.2, 0) is 11.3 Å². The van der Waals surface area contributed by atoms with Crippen molar-refractivity contribution in [1.82, 2.24) is 20.0 Å². The Hall–Kier alpha value is -1.77. The molecule has 0 unspecified atom stereocenters. The molecule has 0 saturated heterocycles. The molecule has 0 amide bonds. The summed E-state index contributed by atoms with van der Waals surface area (Å²) in [5, 5.41) is 22.4. The van der Waals surface area contributed by atoms with Crippen LogP contribution >= 0.6 is 23.2 Å². The number of rotatable bonds is 4. The van der Waals surface area contributed by atoms with Gasteiger partial charge in [-0.05, 0) is 12.1 Å². The summed E-state index contributed by atoms with van der Waals surface area (Å²) in [6, 6.07) is 2.97. The molecule has 0 aromatic carbocycles. The highest BCUT2D eigenvalue weighted by molar-refractivity contribution is 6.32. The molecule has 8 nitrogen and oxygen atoms in total. The second-order valence-corrected chi connectivity index (χ2v) is 4.15. The molecule has 0 aliphatic carbocycles. The van der Waals surface area contributed by atoms with Crippen LogP contribution in [0.25, 0.3) is 5.82 Å². The minimum atomic E-state index is -0.621. The van der Waals surface area contributed by atoms with Crippen LogP contribution in [0.3, 0.4) is 0 Å². The van der Waals surface area contributed by atoms with E-state index in [0.717, 1.165) is 4.68 Å². The van der Waals surface area contributed by atoms with Crippen LogP contribution in [0.1, 0.15) is 5.69 Å². The Morgan fingerprint density at radius 2 is 2.16 bits per heavy atom. The van der Waals surface area contributed by atoms with Crippen LogP contribution in [0.15, 0.2) is 12.1 Å². The summed E-state index contributed by atoms with van der Waals surface area (Å²) >= 11 is 11.5. The Morgan fingerprint density at radius 1 is 1.42 bits per heavy atom. The summed E-state index contributed by atoms with van der Waals surface area (Å²) < 4.78 is 5.95. The van der Waals surface area contributed by atoms with Crippen LogP contribution in [0, 0.1) is 10.1 Å². The van der Waals surface area contributed by atoms with E-state index in [9.17, 15) is 10.1 Å². The molecule has 100 valence electrons. The van der Waals surface area contributed by atoms with Gasteiger partial charge >= 0.3 is 5.69 Å². The lowest BCUT2D eigenvalue weighted by Crippen LogP contribution is -2.02. The van der Waals surface area contributed by atoms with E-state index < -0.39 is 4.92 Å². The number of halogens is 2. The van der Waals surface area contributed by atoms with Gasteiger partial charge in [0, 0.05) is 7.11 Å². The Labute approximate surface area is 117 Å². The molecule has 19 heavy (non-hydrogen) atoms. The van der Waals surface area contributed by atoms with Crippen molar-refractivity contribution in [3.8, 4) is 5.82 Å². The Kier molecular flexibility index (Phi) is 3.93. The summed E-state index contributed by atoms with van der Waals surface area (Å²) in [5.41, 5.74) is -0.213. The summed E-state index contributed by atoms with van der Waals surface area (Å²) in [4.78, 5) is 10.3. The van der Waals surface area contributed by atoms with Gasteiger partial charge in [-0.3, -0.25) is 10.1 Å². The number of aromatic nitrogens is 4. The van der Waals surface area contributed by atoms with Crippen LogP contribution < -0.4 is 0 Å². The van der Waals surface area contributed by atoms with E-state index in [2.05, 4.69) is 15.3 Å². The van der Waals surface area contributed by atoms with Crippen molar-refractivity contribution in [1.29, 1.82) is 0 Å². The Morgan fingerprint density at radius 3 is 2.68 bits per heavy atom. The molecule has 0 N–H and O–H groups in total. The van der Waals surface area contributed by atoms with Gasteiger partial charge in [0.1, 0.15) is 0 Å². The highest BCUT2D eigenvalue weighted by Gasteiger charge is 2.27. The van der Waals surface area contributed by atoms with Crippen molar-refractivity contribution in [3.63, 3.8) is 0 Å². The van der Waals surface area contributed by atoms with Gasteiger partial charge in [0.2, 0.25) is 5.15 Å². The Bertz CT molecular complexity index is 613. The SMILES string of the molecule is COCc1nn(-c2ccc(Cl)nn2)c(Cl)c1[N+](=O)[O-]. The van der Waals surface area contributed by atoms with Gasteiger partial charge in [-0.1, -0.05) is 23.2 Å². The predicted molar refractivity (Wildman–Crippen MR) is 66.5 cm³/mol. The van der Waals surface area contributed by atoms with Gasteiger partial charge in [0.05, 0.1) is 11.5 Å². The zero-order chi connectivity index (χ0) is 14.0. The first-order chi connectivity index (χ1) is 9.04. The summed E-state index contributed by atoms with van der Waals surface area (Å²) in [5.74, 6) is 0.222. The lowest BCUT2D eigenvalue weighted by Gasteiger charge is -1.99. The molecule has 0 fully saturated rings. The van der Waals surface area contributed by atoms with Gasteiger partial charge in [-0.25, -0.2) is 0 Å². The molecule has 2 aromatic rings. The lowest BCUT2D eigenvalue weighted by molar-refractivity contribution is -0.385. The number of nitro groups is 1. The van der Waals surface area contributed by atoms with Crippen molar-refractivity contribution >= 4 is 28.9 Å². The normalized spacial score (nSPS) is 10.7. The van der Waals surface area contributed by atoms with Gasteiger partial charge in [0.25, 0.3) is 0 Å². The third-order valence-electron chi connectivity index (χ3n) is 2.17. The molecule has 0 radical (unpaired) electrons. The highest BCUT2D eigenvalue weighted by Crippen LogP contribution is 2.30. The largest absolute Gasteiger partial charge is 0.378 e. The van der Waals surface area contributed by atoms with Gasteiger partial charge < -0.3 is 4.74 Å². The highest BCUT2D eigenvalue weighted by atomic mass is 35.5. The number of nitrogens with zero attached hydrogens (tertiary/aromatic N) is 5. The molecule has 0 atom stereocenters. The number of ether oxygens (including phenoxy) is 1. The van der Waals surface area contributed by atoms with Crippen LogP contribution in [-0.4, -0.2) is 32.0 Å². The fourth-order valence-electron chi connectivity index (χ4n) is 1.42. The van der Waals surface area contributed by atoms with Crippen molar-refractivity contribution in [2.75, 3.05) is 7.11 Å². The number of hydrogen-bond donors (Lipinski definition) is 0. The topological polar surface area (TPSA) is 96.0 Å². The molecular formula is C9H7Cl2N5O3. The second-order valence-electron chi connectivity index (χ2n) is 3.40. The molecule has 0 aliphatic rings. The quantitative estimate of drug-likeness (QED) is 0.633. The van der Waals surface area contributed by atoms with E-state index >= 15 is 0 Å². The average Bonchev–Trinajstić information content (AvgIpc) is 2.68. The molecule has 2 heterocycles. The summed E-state index contributed by atoms with van der Waals surface area (Å²) in [7, 11) is 1.40. The molecule has 2 rings (SSSR count). The minimum absolute atomic E-state index is 0.0376. The second kappa shape index (κ2) is 5.47. The third-order valence-corrected chi connectivity index (χ3v) is 2.71. The van der Waals surface area contributed by atoms with E-state index in [0.29, 0.717) is 0 Å². The van der Waals surface area contributed by atoms with Crippen molar-refractivity contribution in [2.24, 2.45) is 0 Å². The molecule has 0 aliphatic heterocycles. The van der Waals surface area contributed by atoms with Gasteiger partial charge in [-0.2, -0.15) is 9.78 Å². The fourth-order valence-corrected chi connectivity index (χ4v) is 1.82. The first-order valence-electron chi connectivity index (χ1n) is 4.95. The zero-order valence-corrected chi connectivity index (χ0v) is 11.1. The van der Waals surface area contributed by atoms with E-state index in [-0.39, 0.29) is 34.1 Å². The maximum absolute atomic E-state index is 11.0. The third kappa shape index (κ3) is 2.65. The van der Waals surface area contributed by atoms with Crippen LogP contribution in [0.5, 0.6) is 0 Å². The minimum Gasteiger partial charge on any atom is -0.378 e. The maximum atomic E-state index is 11.0. The molecule has 0 spiro atoms. The zero-order valence-electron chi connectivity index (χ0n) is 9.58. The van der Waals surface area contributed by atoms with E-state index in [4.69, 9.17) is 27.9 Å². The van der Waals surface area contributed by atoms with E-state index in [1.54, 1.807) is 0 Å². The number of hydrogen-bond acceptors (Lipinski definition) is 6. The van der Waals surface area contributed by atoms with E-state index in [1.165, 1.54) is 19.2 Å². The molecule has 0 bridgehead atoms. The van der Waals surface area contributed by atoms with Gasteiger partial charge in [-0.15, -0.1) is 10.2 Å². The van der Waals surface area contributed by atoms with Gasteiger partial charge in [0.15, 0.2) is 16.7 Å². The monoisotopic (exact) mass is 303 g/mol. The summed E-state index contributed by atoms with van der Waals surface area (Å²) in [6.07, 6.45) is 0. The van der Waals surface area contributed by atoms with Crippen LogP contribution in [0.2, 0.25) is 10.3 Å².